The Morgan fingerprint density at radius 2 is 2.04 bits per heavy atom. The molecule has 0 bridgehead atoms. The van der Waals surface area contributed by atoms with Gasteiger partial charge in [0.25, 0.3) is 5.95 Å². The zero-order chi connectivity index (χ0) is 19.7. The van der Waals surface area contributed by atoms with E-state index in [2.05, 4.69) is 63.6 Å². The first-order valence-corrected chi connectivity index (χ1v) is 9.33. The van der Waals surface area contributed by atoms with Crippen molar-refractivity contribution in [3.8, 4) is 11.3 Å². The lowest BCUT2D eigenvalue weighted by Gasteiger charge is -2.20. The molecule has 1 fully saturated rings. The Morgan fingerprint density at radius 3 is 2.71 bits per heavy atom. The van der Waals surface area contributed by atoms with Crippen molar-refractivity contribution in [3.63, 3.8) is 0 Å². The maximum atomic E-state index is 10.8. The SMILES string of the molecule is CN(C)C1CCN(Cc2ccc(-c3cccc4nc(NC(=O)O)nn34)cc2)C1. The van der Waals surface area contributed by atoms with Crippen LogP contribution in [0.15, 0.2) is 42.5 Å². The summed E-state index contributed by atoms with van der Waals surface area (Å²) < 4.78 is 1.66. The van der Waals surface area contributed by atoms with Crippen LogP contribution in [0.25, 0.3) is 16.9 Å². The lowest BCUT2D eigenvalue weighted by atomic mass is 10.1. The molecule has 1 amide bonds. The quantitative estimate of drug-likeness (QED) is 0.708. The average Bonchev–Trinajstić information content (AvgIpc) is 3.28. The molecule has 1 aliphatic rings. The molecule has 3 aromatic rings. The fourth-order valence-corrected chi connectivity index (χ4v) is 3.69. The molecule has 2 N–H and O–H groups in total. The molecule has 0 radical (unpaired) electrons. The predicted molar refractivity (Wildman–Crippen MR) is 107 cm³/mol. The second kappa shape index (κ2) is 7.57. The lowest BCUT2D eigenvalue weighted by Crippen LogP contribution is -2.31. The number of fused-ring (bicyclic) bond motifs is 1. The number of pyridine rings is 1. The van der Waals surface area contributed by atoms with Crippen molar-refractivity contribution >= 4 is 17.7 Å². The highest BCUT2D eigenvalue weighted by Crippen LogP contribution is 2.23. The second-order valence-electron chi connectivity index (χ2n) is 7.38. The number of carboxylic acid groups (broad SMARTS) is 1. The number of carbonyl (C=O) groups is 1. The molecule has 28 heavy (non-hydrogen) atoms. The van der Waals surface area contributed by atoms with Crippen LogP contribution in [0.1, 0.15) is 12.0 Å². The number of likely N-dealkylation sites (N-methyl/N-ethyl adjacent to an activating group) is 1. The van der Waals surface area contributed by atoms with Gasteiger partial charge in [-0.05, 0) is 38.2 Å². The Bertz CT molecular complexity index is 982. The van der Waals surface area contributed by atoms with Gasteiger partial charge in [0.1, 0.15) is 0 Å². The largest absolute Gasteiger partial charge is 0.465 e. The summed E-state index contributed by atoms with van der Waals surface area (Å²) in [7, 11) is 4.29. The number of aromatic nitrogens is 3. The van der Waals surface area contributed by atoms with Crippen LogP contribution >= 0.6 is 0 Å². The first kappa shape index (κ1) is 18.4. The van der Waals surface area contributed by atoms with E-state index in [0.29, 0.717) is 11.7 Å². The van der Waals surface area contributed by atoms with Crippen molar-refractivity contribution in [1.29, 1.82) is 0 Å². The van der Waals surface area contributed by atoms with Gasteiger partial charge >= 0.3 is 6.09 Å². The van der Waals surface area contributed by atoms with Gasteiger partial charge in [-0.25, -0.2) is 9.31 Å². The van der Waals surface area contributed by atoms with E-state index < -0.39 is 6.09 Å². The van der Waals surface area contributed by atoms with Gasteiger partial charge < -0.3 is 10.0 Å². The maximum absolute atomic E-state index is 10.8. The molecule has 1 atom stereocenters. The van der Waals surface area contributed by atoms with E-state index in [4.69, 9.17) is 5.11 Å². The molecule has 3 heterocycles. The molecule has 4 rings (SSSR count). The zero-order valence-electron chi connectivity index (χ0n) is 16.0. The number of hydrogen-bond acceptors (Lipinski definition) is 5. The summed E-state index contributed by atoms with van der Waals surface area (Å²) in [6.45, 7) is 3.18. The Kier molecular flexibility index (Phi) is 4.97. The minimum Gasteiger partial charge on any atom is -0.465 e. The standard InChI is InChI=1S/C20H24N6O2/c1-24(2)16-10-11-25(13-16)12-14-6-8-15(9-7-14)17-4-3-5-18-21-19(22-20(27)28)23-26(17)18/h3-9,16H,10-13H2,1-2H3,(H,22,23)(H,27,28). The number of nitrogens with one attached hydrogen (secondary N) is 1. The first-order valence-electron chi connectivity index (χ1n) is 9.33. The van der Waals surface area contributed by atoms with Gasteiger partial charge in [0.15, 0.2) is 5.65 Å². The van der Waals surface area contributed by atoms with E-state index >= 15 is 0 Å². The molecule has 1 unspecified atom stereocenters. The van der Waals surface area contributed by atoms with Gasteiger partial charge in [0.05, 0.1) is 5.69 Å². The van der Waals surface area contributed by atoms with Crippen LogP contribution in [0.4, 0.5) is 10.7 Å². The van der Waals surface area contributed by atoms with E-state index in [-0.39, 0.29) is 5.95 Å². The van der Waals surface area contributed by atoms with Gasteiger partial charge in [-0.1, -0.05) is 30.3 Å². The fourth-order valence-electron chi connectivity index (χ4n) is 3.69. The number of likely N-dealkylation sites (tertiary alicyclic amines) is 1. The number of rotatable bonds is 5. The van der Waals surface area contributed by atoms with Gasteiger partial charge in [-0.15, -0.1) is 5.10 Å². The normalized spacial score (nSPS) is 17.5. The van der Waals surface area contributed by atoms with Crippen molar-refractivity contribution in [2.24, 2.45) is 0 Å². The third kappa shape index (κ3) is 3.83. The Labute approximate surface area is 163 Å². The minimum atomic E-state index is -1.18. The van der Waals surface area contributed by atoms with Gasteiger partial charge in [0.2, 0.25) is 0 Å². The topological polar surface area (TPSA) is 86.0 Å². The zero-order valence-corrected chi connectivity index (χ0v) is 16.0. The maximum Gasteiger partial charge on any atom is 0.411 e. The first-order chi connectivity index (χ1) is 13.5. The summed E-state index contributed by atoms with van der Waals surface area (Å²) in [5.41, 5.74) is 3.75. The van der Waals surface area contributed by atoms with Crippen molar-refractivity contribution in [1.82, 2.24) is 24.4 Å². The van der Waals surface area contributed by atoms with Crippen LogP contribution in [0.3, 0.4) is 0 Å². The van der Waals surface area contributed by atoms with Crippen molar-refractivity contribution in [2.45, 2.75) is 19.0 Å². The second-order valence-corrected chi connectivity index (χ2v) is 7.38. The van der Waals surface area contributed by atoms with E-state index in [0.717, 1.165) is 30.9 Å². The summed E-state index contributed by atoms with van der Waals surface area (Å²) in [4.78, 5) is 19.8. The van der Waals surface area contributed by atoms with Gasteiger partial charge in [0, 0.05) is 31.2 Å². The number of hydrogen-bond donors (Lipinski definition) is 2. The van der Waals surface area contributed by atoms with Crippen molar-refractivity contribution in [3.05, 3.63) is 48.0 Å². The Morgan fingerprint density at radius 1 is 1.25 bits per heavy atom. The van der Waals surface area contributed by atoms with Gasteiger partial charge in [-0.3, -0.25) is 10.2 Å². The molecule has 0 aliphatic carbocycles. The number of benzene rings is 1. The molecule has 2 aromatic heterocycles. The van der Waals surface area contributed by atoms with E-state index in [1.165, 1.54) is 12.0 Å². The molecule has 1 aromatic carbocycles. The smallest absolute Gasteiger partial charge is 0.411 e. The summed E-state index contributed by atoms with van der Waals surface area (Å²) in [5, 5.41) is 15.3. The Balaban J connectivity index is 1.52. The van der Waals surface area contributed by atoms with Crippen LogP contribution < -0.4 is 5.32 Å². The number of anilines is 1. The minimum absolute atomic E-state index is 0.0704. The fraction of sp³-hybridized carbons (Fsp3) is 0.350. The molecule has 0 spiro atoms. The van der Waals surface area contributed by atoms with E-state index in [1.807, 2.05) is 12.1 Å². The van der Waals surface area contributed by atoms with Crippen LogP contribution in [0.2, 0.25) is 0 Å². The highest BCUT2D eigenvalue weighted by molar-refractivity contribution is 5.80. The van der Waals surface area contributed by atoms with Crippen molar-refractivity contribution < 1.29 is 9.90 Å². The number of nitrogens with zero attached hydrogens (tertiary/aromatic N) is 5. The third-order valence-electron chi connectivity index (χ3n) is 5.21. The van der Waals surface area contributed by atoms with E-state index in [1.54, 1.807) is 10.6 Å². The summed E-state index contributed by atoms with van der Waals surface area (Å²) in [6, 6.07) is 14.7. The molecule has 1 aliphatic heterocycles. The molecule has 8 heteroatoms. The molecule has 8 nitrogen and oxygen atoms in total. The van der Waals surface area contributed by atoms with Crippen LogP contribution in [-0.2, 0) is 6.54 Å². The predicted octanol–water partition coefficient (Wildman–Crippen LogP) is 2.62. The molecule has 0 saturated carbocycles. The molecule has 1 saturated heterocycles. The third-order valence-corrected chi connectivity index (χ3v) is 5.21. The van der Waals surface area contributed by atoms with E-state index in [9.17, 15) is 4.79 Å². The van der Waals surface area contributed by atoms with Crippen LogP contribution in [0, 0.1) is 0 Å². The highest BCUT2D eigenvalue weighted by Gasteiger charge is 2.23. The van der Waals surface area contributed by atoms with Gasteiger partial charge in [-0.2, -0.15) is 4.98 Å². The summed E-state index contributed by atoms with van der Waals surface area (Å²) >= 11 is 0. The average molecular weight is 380 g/mol. The monoisotopic (exact) mass is 380 g/mol. The van der Waals surface area contributed by atoms with Crippen molar-refractivity contribution in [2.75, 3.05) is 32.5 Å². The van der Waals surface area contributed by atoms with Crippen LogP contribution in [0.5, 0.6) is 0 Å². The van der Waals surface area contributed by atoms with Crippen LogP contribution in [-0.4, -0.2) is 68.8 Å². The molecular weight excluding hydrogens is 356 g/mol. The molecule has 146 valence electrons. The lowest BCUT2D eigenvalue weighted by molar-refractivity contribution is 0.209. The highest BCUT2D eigenvalue weighted by atomic mass is 16.4. The summed E-state index contributed by atoms with van der Waals surface area (Å²) in [6.07, 6.45) is 0.0340. The molecular formula is C20H24N6O2. The number of amides is 1. The summed E-state index contributed by atoms with van der Waals surface area (Å²) in [5.74, 6) is 0.0704. The Hall–Kier alpha value is -2.97.